The number of carbonyl (C=O) groups is 3. The third kappa shape index (κ3) is 4.06. The molecule has 0 bridgehead atoms. The molecule has 1 aliphatic heterocycles. The molecule has 7 heteroatoms. The maximum absolute atomic E-state index is 12.2. The lowest BCUT2D eigenvalue weighted by atomic mass is 10.2. The summed E-state index contributed by atoms with van der Waals surface area (Å²) >= 11 is 0.809. The van der Waals surface area contributed by atoms with Gasteiger partial charge in [-0.1, -0.05) is 36.4 Å². The summed E-state index contributed by atoms with van der Waals surface area (Å²) in [6, 6.07) is 9.17. The van der Waals surface area contributed by atoms with Crippen LogP contribution < -0.4 is 5.48 Å². The number of thioether (sulfide) groups is 1. The molecule has 6 nitrogen and oxygen atoms in total. The minimum absolute atomic E-state index is 0.140. The van der Waals surface area contributed by atoms with Gasteiger partial charge in [0.2, 0.25) is 0 Å². The van der Waals surface area contributed by atoms with Crippen molar-refractivity contribution in [3.05, 3.63) is 53.5 Å². The molecule has 22 heavy (non-hydrogen) atoms. The summed E-state index contributed by atoms with van der Waals surface area (Å²) in [5, 5.41) is -0.481. The summed E-state index contributed by atoms with van der Waals surface area (Å²) in [5.74, 6) is -1.07. The van der Waals surface area contributed by atoms with E-state index in [0.717, 1.165) is 22.2 Å². The average molecular weight is 318 g/mol. The van der Waals surface area contributed by atoms with Crippen LogP contribution in [0.3, 0.4) is 0 Å². The predicted octanol–water partition coefficient (Wildman–Crippen LogP) is 1.96. The van der Waals surface area contributed by atoms with Gasteiger partial charge in [-0.05, 0) is 23.4 Å². The molecule has 0 atom stereocenters. The van der Waals surface area contributed by atoms with Gasteiger partial charge in [0.25, 0.3) is 17.1 Å². The van der Waals surface area contributed by atoms with Gasteiger partial charge in [-0.2, -0.15) is 0 Å². The first-order valence-electron chi connectivity index (χ1n) is 6.43. The van der Waals surface area contributed by atoms with E-state index in [-0.39, 0.29) is 18.1 Å². The van der Waals surface area contributed by atoms with Crippen LogP contribution in [0.25, 0.3) is 6.08 Å². The van der Waals surface area contributed by atoms with Gasteiger partial charge in [-0.25, -0.2) is 5.48 Å². The van der Waals surface area contributed by atoms with Crippen molar-refractivity contribution >= 4 is 34.9 Å². The molecule has 2 rings (SSSR count). The minimum atomic E-state index is -0.579. The number of hydrogen-bond acceptors (Lipinski definition) is 5. The summed E-state index contributed by atoms with van der Waals surface area (Å²) in [7, 11) is 0. The van der Waals surface area contributed by atoms with Crippen LogP contribution in [0, 0.1) is 0 Å². The van der Waals surface area contributed by atoms with E-state index in [0.29, 0.717) is 0 Å². The van der Waals surface area contributed by atoms with Crippen LogP contribution >= 0.6 is 11.8 Å². The molecule has 0 aliphatic carbocycles. The monoisotopic (exact) mass is 318 g/mol. The van der Waals surface area contributed by atoms with Gasteiger partial charge in [0.15, 0.2) is 0 Å². The Morgan fingerprint density at radius 1 is 1.32 bits per heavy atom. The zero-order valence-corrected chi connectivity index (χ0v) is 12.5. The maximum atomic E-state index is 12.2. The van der Waals surface area contributed by atoms with Gasteiger partial charge in [-0.3, -0.25) is 24.1 Å². The Bertz CT molecular complexity index is 628. The number of benzene rings is 1. The molecule has 1 N–H and O–H groups in total. The molecule has 1 heterocycles. The number of nitrogens with one attached hydrogen (secondary N) is 1. The fourth-order valence-electron chi connectivity index (χ4n) is 1.69. The quantitative estimate of drug-likeness (QED) is 0.375. The van der Waals surface area contributed by atoms with Gasteiger partial charge in [0.1, 0.15) is 6.54 Å². The van der Waals surface area contributed by atoms with Crippen LogP contribution in [-0.4, -0.2) is 35.1 Å². The van der Waals surface area contributed by atoms with Gasteiger partial charge < -0.3 is 0 Å². The SMILES string of the molecule is C=CCONC(=O)CN1C(=O)S/C(=C\c2ccccc2)C1=O. The topological polar surface area (TPSA) is 75.7 Å². The number of nitrogens with zero attached hydrogens (tertiary/aromatic N) is 1. The molecule has 0 radical (unpaired) electrons. The number of hydrogen-bond donors (Lipinski definition) is 1. The van der Waals surface area contributed by atoms with E-state index in [1.54, 1.807) is 6.08 Å². The Hall–Kier alpha value is -2.38. The fraction of sp³-hybridized carbons (Fsp3) is 0.133. The van der Waals surface area contributed by atoms with Crippen molar-refractivity contribution in [2.75, 3.05) is 13.2 Å². The standard InChI is InChI=1S/C15H14N2O4S/c1-2-8-21-16-13(18)10-17-14(19)12(22-15(17)20)9-11-6-4-3-5-7-11/h2-7,9H,1,8,10H2,(H,16,18)/b12-9-. The Balaban J connectivity index is 2.01. The molecule has 1 fully saturated rings. The highest BCUT2D eigenvalue weighted by atomic mass is 32.2. The lowest BCUT2D eigenvalue weighted by Gasteiger charge is -2.11. The lowest BCUT2D eigenvalue weighted by molar-refractivity contribution is -0.136. The van der Waals surface area contributed by atoms with Crippen LogP contribution in [0.1, 0.15) is 5.56 Å². The number of imide groups is 1. The van der Waals surface area contributed by atoms with Crippen LogP contribution in [0.2, 0.25) is 0 Å². The zero-order valence-electron chi connectivity index (χ0n) is 11.7. The van der Waals surface area contributed by atoms with E-state index in [1.807, 2.05) is 30.3 Å². The fourth-order valence-corrected chi connectivity index (χ4v) is 2.53. The van der Waals surface area contributed by atoms with Gasteiger partial charge in [0.05, 0.1) is 11.5 Å². The molecule has 3 amide bonds. The molecule has 1 aromatic carbocycles. The van der Waals surface area contributed by atoms with Crippen LogP contribution in [0.5, 0.6) is 0 Å². The third-order valence-electron chi connectivity index (χ3n) is 2.66. The maximum Gasteiger partial charge on any atom is 0.294 e. The lowest BCUT2D eigenvalue weighted by Crippen LogP contribution is -2.39. The highest BCUT2D eigenvalue weighted by Crippen LogP contribution is 2.31. The first-order chi connectivity index (χ1) is 10.6. The molecular weight excluding hydrogens is 304 g/mol. The van der Waals surface area contributed by atoms with Crippen molar-refractivity contribution in [3.8, 4) is 0 Å². The highest BCUT2D eigenvalue weighted by molar-refractivity contribution is 8.18. The molecule has 0 aromatic heterocycles. The molecule has 1 aliphatic rings. The molecule has 0 spiro atoms. The van der Waals surface area contributed by atoms with Gasteiger partial charge >= 0.3 is 0 Å². The summed E-state index contributed by atoms with van der Waals surface area (Å²) in [6.07, 6.45) is 3.08. The molecule has 1 aromatic rings. The molecule has 114 valence electrons. The Morgan fingerprint density at radius 2 is 2.05 bits per heavy atom. The second kappa shape index (κ2) is 7.58. The van der Waals surface area contributed by atoms with Crippen LogP contribution in [0.15, 0.2) is 47.9 Å². The summed E-state index contributed by atoms with van der Waals surface area (Å²) in [5.41, 5.74) is 2.94. The molecule has 0 unspecified atom stereocenters. The van der Waals surface area contributed by atoms with E-state index in [1.165, 1.54) is 6.08 Å². The van der Waals surface area contributed by atoms with E-state index < -0.39 is 17.1 Å². The smallest absolute Gasteiger partial charge is 0.271 e. The van der Waals surface area contributed by atoms with Crippen LogP contribution in [0.4, 0.5) is 4.79 Å². The Morgan fingerprint density at radius 3 is 2.73 bits per heavy atom. The van der Waals surface area contributed by atoms with Crippen molar-refractivity contribution in [2.24, 2.45) is 0 Å². The second-order valence-corrected chi connectivity index (χ2v) is 5.30. The van der Waals surface area contributed by atoms with Crippen LogP contribution in [-0.2, 0) is 14.4 Å². The summed E-state index contributed by atoms with van der Waals surface area (Å²) in [4.78, 5) is 41.5. The molecule has 0 saturated carbocycles. The van der Waals surface area contributed by atoms with Gasteiger partial charge in [0, 0.05) is 0 Å². The van der Waals surface area contributed by atoms with Crippen molar-refractivity contribution in [3.63, 3.8) is 0 Å². The molecule has 1 saturated heterocycles. The first kappa shape index (κ1) is 16.0. The number of amides is 3. The third-order valence-corrected chi connectivity index (χ3v) is 3.57. The highest BCUT2D eigenvalue weighted by Gasteiger charge is 2.36. The van der Waals surface area contributed by atoms with E-state index in [9.17, 15) is 14.4 Å². The zero-order chi connectivity index (χ0) is 15.9. The number of hydroxylamine groups is 1. The largest absolute Gasteiger partial charge is 0.294 e. The summed E-state index contributed by atoms with van der Waals surface area (Å²) in [6.45, 7) is 3.19. The number of rotatable bonds is 6. The van der Waals surface area contributed by atoms with Crippen molar-refractivity contribution < 1.29 is 19.2 Å². The predicted molar refractivity (Wildman–Crippen MR) is 83.4 cm³/mol. The average Bonchev–Trinajstić information content (AvgIpc) is 2.76. The van der Waals surface area contributed by atoms with Crippen molar-refractivity contribution in [1.82, 2.24) is 10.4 Å². The summed E-state index contributed by atoms with van der Waals surface area (Å²) < 4.78 is 0. The minimum Gasteiger partial charge on any atom is -0.271 e. The van der Waals surface area contributed by atoms with Gasteiger partial charge in [-0.15, -0.1) is 6.58 Å². The Kier molecular flexibility index (Phi) is 5.51. The Labute approximate surface area is 131 Å². The van der Waals surface area contributed by atoms with E-state index >= 15 is 0 Å². The van der Waals surface area contributed by atoms with E-state index in [2.05, 4.69) is 12.1 Å². The van der Waals surface area contributed by atoms with E-state index in [4.69, 9.17) is 4.84 Å². The van der Waals surface area contributed by atoms with Crippen molar-refractivity contribution in [2.45, 2.75) is 0 Å². The van der Waals surface area contributed by atoms with Crippen molar-refractivity contribution in [1.29, 1.82) is 0 Å². The second-order valence-electron chi connectivity index (χ2n) is 4.30. The normalized spacial score (nSPS) is 16.2. The molecular formula is C15H14N2O4S. The number of carbonyl (C=O) groups excluding carboxylic acids is 3. The first-order valence-corrected chi connectivity index (χ1v) is 7.25.